The van der Waals surface area contributed by atoms with E-state index in [9.17, 15) is 9.90 Å². The summed E-state index contributed by atoms with van der Waals surface area (Å²) < 4.78 is 0. The molecule has 1 aliphatic carbocycles. The van der Waals surface area contributed by atoms with Crippen molar-refractivity contribution in [1.29, 1.82) is 0 Å². The first-order valence-corrected chi connectivity index (χ1v) is 6.54. The van der Waals surface area contributed by atoms with E-state index in [1.807, 2.05) is 12.1 Å². The Morgan fingerprint density at radius 3 is 2.90 bits per heavy atom. The van der Waals surface area contributed by atoms with E-state index >= 15 is 0 Å². The average molecular weight is 269 g/mol. The van der Waals surface area contributed by atoms with E-state index < -0.39 is 0 Å². The Balaban J connectivity index is 1.67. The van der Waals surface area contributed by atoms with Crippen LogP contribution in [-0.2, 0) is 11.4 Å². The first-order valence-electron chi connectivity index (χ1n) is 6.54. The third-order valence-electron chi connectivity index (χ3n) is 3.58. The summed E-state index contributed by atoms with van der Waals surface area (Å²) in [6.07, 6.45) is 7.53. The number of nitrogens with zero attached hydrogens (tertiary/aromatic N) is 2. The van der Waals surface area contributed by atoms with Crippen LogP contribution in [-0.4, -0.2) is 21.0 Å². The molecular weight excluding hydrogens is 254 g/mol. The number of aliphatic hydroxyl groups is 1. The van der Waals surface area contributed by atoms with Crippen molar-refractivity contribution in [3.05, 3.63) is 54.1 Å². The summed E-state index contributed by atoms with van der Waals surface area (Å²) in [6.45, 7) is -0.116. The standard InChI is InChI=1S/C15H15N3O2/c19-9-11-3-5-17-8-14(11)18-15(20)13-6-12(13)10-2-1-4-16-7-10/h1-5,7-8,12-13,19H,6,9H2,(H,18,20)/t12-,13+/m0/s1. The number of pyridine rings is 2. The van der Waals surface area contributed by atoms with Gasteiger partial charge in [0.1, 0.15) is 0 Å². The van der Waals surface area contributed by atoms with Crippen LogP contribution in [0.15, 0.2) is 43.0 Å². The Bertz CT molecular complexity index is 616. The summed E-state index contributed by atoms with van der Waals surface area (Å²) in [6, 6.07) is 5.57. The number of aromatic nitrogens is 2. The molecule has 2 N–H and O–H groups in total. The van der Waals surface area contributed by atoms with E-state index in [0.717, 1.165) is 12.0 Å². The predicted octanol–water partition coefficient (Wildman–Crippen LogP) is 1.71. The third kappa shape index (κ3) is 2.53. The molecular formula is C15H15N3O2. The van der Waals surface area contributed by atoms with Gasteiger partial charge in [0.25, 0.3) is 0 Å². The first kappa shape index (κ1) is 12.7. The Kier molecular flexibility index (Phi) is 3.43. The van der Waals surface area contributed by atoms with Gasteiger partial charge < -0.3 is 10.4 Å². The van der Waals surface area contributed by atoms with Crippen LogP contribution >= 0.6 is 0 Å². The van der Waals surface area contributed by atoms with Gasteiger partial charge >= 0.3 is 0 Å². The summed E-state index contributed by atoms with van der Waals surface area (Å²) in [5, 5.41) is 12.1. The van der Waals surface area contributed by atoms with Crippen LogP contribution < -0.4 is 5.32 Å². The van der Waals surface area contributed by atoms with E-state index in [1.165, 1.54) is 0 Å². The highest BCUT2D eigenvalue weighted by atomic mass is 16.3. The number of rotatable bonds is 4. The lowest BCUT2D eigenvalue weighted by Gasteiger charge is -2.08. The maximum Gasteiger partial charge on any atom is 0.228 e. The molecule has 0 aromatic carbocycles. The Labute approximate surface area is 116 Å². The monoisotopic (exact) mass is 269 g/mol. The molecule has 2 aromatic rings. The van der Waals surface area contributed by atoms with Crippen LogP contribution in [0.1, 0.15) is 23.5 Å². The SMILES string of the molecule is O=C(Nc1cnccc1CO)[C@@H]1C[C@H]1c1cccnc1. The number of carbonyl (C=O) groups excluding carboxylic acids is 1. The number of nitrogens with one attached hydrogen (secondary N) is 1. The molecule has 5 heteroatoms. The lowest BCUT2D eigenvalue weighted by Crippen LogP contribution is -2.16. The minimum Gasteiger partial charge on any atom is -0.392 e. The topological polar surface area (TPSA) is 75.1 Å². The number of hydrogen-bond donors (Lipinski definition) is 2. The maximum atomic E-state index is 12.2. The molecule has 1 fully saturated rings. The summed E-state index contributed by atoms with van der Waals surface area (Å²) >= 11 is 0. The van der Waals surface area contributed by atoms with Crippen LogP contribution in [0.3, 0.4) is 0 Å². The normalized spacial score (nSPS) is 20.4. The quantitative estimate of drug-likeness (QED) is 0.886. The molecule has 0 unspecified atom stereocenters. The average Bonchev–Trinajstić information content (AvgIpc) is 3.29. The molecule has 3 rings (SSSR count). The van der Waals surface area contributed by atoms with Gasteiger partial charge in [-0.1, -0.05) is 6.07 Å². The van der Waals surface area contributed by atoms with Crippen LogP contribution in [0.4, 0.5) is 5.69 Å². The molecule has 2 atom stereocenters. The van der Waals surface area contributed by atoms with Gasteiger partial charge in [-0.3, -0.25) is 14.8 Å². The zero-order valence-corrected chi connectivity index (χ0v) is 10.9. The molecule has 1 amide bonds. The molecule has 0 bridgehead atoms. The minimum absolute atomic E-state index is 0.0223. The van der Waals surface area contributed by atoms with Crippen LogP contribution in [0, 0.1) is 5.92 Å². The van der Waals surface area contributed by atoms with Crippen molar-refractivity contribution >= 4 is 11.6 Å². The Morgan fingerprint density at radius 2 is 2.15 bits per heavy atom. The molecule has 2 heterocycles. The fourth-order valence-corrected chi connectivity index (χ4v) is 2.35. The summed E-state index contributed by atoms with van der Waals surface area (Å²) in [7, 11) is 0. The fourth-order valence-electron chi connectivity index (χ4n) is 2.35. The predicted molar refractivity (Wildman–Crippen MR) is 73.9 cm³/mol. The van der Waals surface area contributed by atoms with Gasteiger partial charge in [0.15, 0.2) is 0 Å². The Morgan fingerprint density at radius 1 is 1.30 bits per heavy atom. The van der Waals surface area contributed by atoms with E-state index in [2.05, 4.69) is 15.3 Å². The second-order valence-electron chi connectivity index (χ2n) is 4.92. The highest BCUT2D eigenvalue weighted by Crippen LogP contribution is 2.47. The van der Waals surface area contributed by atoms with Gasteiger partial charge in [-0.2, -0.15) is 0 Å². The molecule has 20 heavy (non-hydrogen) atoms. The molecule has 0 radical (unpaired) electrons. The van der Waals surface area contributed by atoms with Gasteiger partial charge in [0.2, 0.25) is 5.91 Å². The largest absolute Gasteiger partial charge is 0.392 e. The summed E-state index contributed by atoms with van der Waals surface area (Å²) in [4.78, 5) is 20.2. The highest BCUT2D eigenvalue weighted by Gasteiger charge is 2.44. The molecule has 1 saturated carbocycles. The van der Waals surface area contributed by atoms with Crippen LogP contribution in [0.2, 0.25) is 0 Å². The van der Waals surface area contributed by atoms with Crippen molar-refractivity contribution in [1.82, 2.24) is 9.97 Å². The second kappa shape index (κ2) is 5.38. The third-order valence-corrected chi connectivity index (χ3v) is 3.58. The van der Waals surface area contributed by atoms with Gasteiger partial charge in [0.05, 0.1) is 18.5 Å². The van der Waals surface area contributed by atoms with Gasteiger partial charge in [-0.25, -0.2) is 0 Å². The molecule has 1 aliphatic rings. The molecule has 2 aromatic heterocycles. The molecule has 0 aliphatic heterocycles. The lowest BCUT2D eigenvalue weighted by atomic mass is 10.1. The van der Waals surface area contributed by atoms with E-state index in [-0.39, 0.29) is 24.3 Å². The van der Waals surface area contributed by atoms with E-state index in [4.69, 9.17) is 0 Å². The number of amides is 1. The zero-order chi connectivity index (χ0) is 13.9. The second-order valence-corrected chi connectivity index (χ2v) is 4.92. The smallest absolute Gasteiger partial charge is 0.228 e. The molecule has 0 saturated heterocycles. The van der Waals surface area contributed by atoms with E-state index in [1.54, 1.807) is 30.9 Å². The van der Waals surface area contributed by atoms with Crippen molar-refractivity contribution in [2.45, 2.75) is 18.9 Å². The van der Waals surface area contributed by atoms with Crippen LogP contribution in [0.5, 0.6) is 0 Å². The minimum atomic E-state index is -0.116. The van der Waals surface area contributed by atoms with E-state index in [0.29, 0.717) is 11.3 Å². The highest BCUT2D eigenvalue weighted by molar-refractivity contribution is 5.95. The number of carbonyl (C=O) groups is 1. The van der Waals surface area contributed by atoms with Crippen molar-refractivity contribution < 1.29 is 9.90 Å². The van der Waals surface area contributed by atoms with Crippen molar-refractivity contribution in [2.24, 2.45) is 5.92 Å². The zero-order valence-electron chi connectivity index (χ0n) is 10.9. The first-order chi connectivity index (χ1) is 9.79. The number of hydrogen-bond acceptors (Lipinski definition) is 4. The van der Waals surface area contributed by atoms with Gasteiger partial charge in [0, 0.05) is 30.1 Å². The molecule has 0 spiro atoms. The summed E-state index contributed by atoms with van der Waals surface area (Å²) in [5.74, 6) is 0.199. The number of anilines is 1. The maximum absolute atomic E-state index is 12.2. The van der Waals surface area contributed by atoms with Gasteiger partial charge in [-0.05, 0) is 30.0 Å². The lowest BCUT2D eigenvalue weighted by molar-refractivity contribution is -0.117. The van der Waals surface area contributed by atoms with Crippen molar-refractivity contribution in [3.8, 4) is 0 Å². The van der Waals surface area contributed by atoms with Crippen molar-refractivity contribution in [3.63, 3.8) is 0 Å². The van der Waals surface area contributed by atoms with Crippen molar-refractivity contribution in [2.75, 3.05) is 5.32 Å². The molecule has 102 valence electrons. The number of aliphatic hydroxyl groups excluding tert-OH is 1. The fraction of sp³-hybridized carbons (Fsp3) is 0.267. The Hall–Kier alpha value is -2.27. The molecule has 5 nitrogen and oxygen atoms in total. The summed E-state index contributed by atoms with van der Waals surface area (Å²) in [5.41, 5.74) is 2.35. The van der Waals surface area contributed by atoms with Crippen LogP contribution in [0.25, 0.3) is 0 Å². The van der Waals surface area contributed by atoms with Gasteiger partial charge in [-0.15, -0.1) is 0 Å².